The molecule has 0 spiro atoms. The molecule has 1 aliphatic heterocycles. The van der Waals surface area contributed by atoms with Crippen LogP contribution in [0.4, 0.5) is 4.39 Å². The van der Waals surface area contributed by atoms with Gasteiger partial charge in [-0.3, -0.25) is 0 Å². The molecule has 1 saturated heterocycles. The fraction of sp³-hybridized carbons (Fsp3) is 0.538. The van der Waals surface area contributed by atoms with Crippen molar-refractivity contribution in [3.05, 3.63) is 34.1 Å². The van der Waals surface area contributed by atoms with Gasteiger partial charge in [0.25, 0.3) is 0 Å². The number of hydrogen-bond donors (Lipinski definition) is 1. The molecule has 0 unspecified atom stereocenters. The molecule has 0 aromatic heterocycles. The minimum absolute atomic E-state index is 0.108. The Morgan fingerprint density at radius 3 is 2.71 bits per heavy atom. The second-order valence-electron chi connectivity index (χ2n) is 4.80. The smallest absolute Gasteiger partial charge is 0.124 e. The Bertz CT molecular complexity index is 371. The van der Waals surface area contributed by atoms with Crippen LogP contribution in [-0.4, -0.2) is 18.8 Å². The van der Waals surface area contributed by atoms with Crippen molar-refractivity contribution in [2.75, 3.05) is 13.2 Å². The molecule has 17 heavy (non-hydrogen) atoms. The Kier molecular flexibility index (Phi) is 4.17. The maximum Gasteiger partial charge on any atom is 0.124 e. The van der Waals surface area contributed by atoms with Crippen LogP contribution in [0.3, 0.4) is 0 Å². The Balaban J connectivity index is 1.96. The summed E-state index contributed by atoms with van der Waals surface area (Å²) in [5, 5.41) is 3.50. The number of nitrogens with one attached hydrogen (secondary N) is 1. The molecule has 1 aromatic carbocycles. The summed E-state index contributed by atoms with van der Waals surface area (Å²) in [7, 11) is 0. The second kappa shape index (κ2) is 5.46. The largest absolute Gasteiger partial charge is 0.381 e. The summed E-state index contributed by atoms with van der Waals surface area (Å²) in [5.41, 5.74) is 1.07. The first-order chi connectivity index (χ1) is 8.07. The van der Waals surface area contributed by atoms with E-state index in [0.29, 0.717) is 6.54 Å². The Morgan fingerprint density at radius 2 is 2.06 bits per heavy atom. The van der Waals surface area contributed by atoms with Crippen molar-refractivity contribution in [2.24, 2.45) is 0 Å². The fourth-order valence-electron chi connectivity index (χ4n) is 2.03. The van der Waals surface area contributed by atoms with E-state index >= 15 is 0 Å². The van der Waals surface area contributed by atoms with Crippen molar-refractivity contribution in [2.45, 2.75) is 31.8 Å². The Morgan fingerprint density at radius 1 is 1.35 bits per heavy atom. The highest BCUT2D eigenvalue weighted by Crippen LogP contribution is 2.21. The zero-order valence-electron chi connectivity index (χ0n) is 9.93. The van der Waals surface area contributed by atoms with Crippen LogP contribution in [0.2, 0.25) is 0 Å². The van der Waals surface area contributed by atoms with E-state index in [-0.39, 0.29) is 11.4 Å². The van der Waals surface area contributed by atoms with Gasteiger partial charge >= 0.3 is 0 Å². The first-order valence-corrected chi connectivity index (χ1v) is 6.64. The van der Waals surface area contributed by atoms with E-state index in [1.165, 1.54) is 6.07 Å². The molecule has 0 bridgehead atoms. The zero-order valence-corrected chi connectivity index (χ0v) is 11.5. The van der Waals surface area contributed by atoms with Crippen LogP contribution in [0.15, 0.2) is 22.7 Å². The summed E-state index contributed by atoms with van der Waals surface area (Å²) in [5.74, 6) is -0.201. The van der Waals surface area contributed by atoms with Crippen molar-refractivity contribution in [1.82, 2.24) is 5.32 Å². The average molecular weight is 302 g/mol. The molecule has 0 aliphatic carbocycles. The average Bonchev–Trinajstić information content (AvgIpc) is 2.26. The van der Waals surface area contributed by atoms with Crippen molar-refractivity contribution in [3.8, 4) is 0 Å². The summed E-state index contributed by atoms with van der Waals surface area (Å²) in [4.78, 5) is 0. The van der Waals surface area contributed by atoms with Gasteiger partial charge in [-0.1, -0.05) is 15.9 Å². The minimum Gasteiger partial charge on any atom is -0.381 e. The lowest BCUT2D eigenvalue weighted by Crippen LogP contribution is -2.46. The maximum atomic E-state index is 13.2. The molecule has 2 nitrogen and oxygen atoms in total. The SMILES string of the molecule is CC1(NCc2cc(F)cc(Br)c2)CCOCC1. The molecular weight excluding hydrogens is 285 g/mol. The van der Waals surface area contributed by atoms with E-state index in [2.05, 4.69) is 28.2 Å². The molecule has 1 fully saturated rings. The Hall–Kier alpha value is -0.450. The van der Waals surface area contributed by atoms with Gasteiger partial charge in [0.15, 0.2) is 0 Å². The van der Waals surface area contributed by atoms with Gasteiger partial charge in [0, 0.05) is 29.8 Å². The lowest BCUT2D eigenvalue weighted by molar-refractivity contribution is 0.0446. The predicted molar refractivity (Wildman–Crippen MR) is 69.4 cm³/mol. The van der Waals surface area contributed by atoms with E-state index in [1.54, 1.807) is 6.07 Å². The number of rotatable bonds is 3. The molecule has 1 N–H and O–H groups in total. The number of hydrogen-bond acceptors (Lipinski definition) is 2. The topological polar surface area (TPSA) is 21.3 Å². The number of halogens is 2. The van der Waals surface area contributed by atoms with Gasteiger partial charge in [-0.2, -0.15) is 0 Å². The second-order valence-corrected chi connectivity index (χ2v) is 5.72. The highest BCUT2D eigenvalue weighted by Gasteiger charge is 2.26. The lowest BCUT2D eigenvalue weighted by Gasteiger charge is -2.34. The molecule has 1 aromatic rings. The van der Waals surface area contributed by atoms with Gasteiger partial charge < -0.3 is 10.1 Å². The summed E-state index contributed by atoms with van der Waals surface area (Å²) in [6.07, 6.45) is 2.01. The molecule has 4 heteroatoms. The first kappa shape index (κ1) is 13.0. The van der Waals surface area contributed by atoms with Crippen molar-refractivity contribution in [1.29, 1.82) is 0 Å². The van der Waals surface area contributed by atoms with Gasteiger partial charge in [-0.15, -0.1) is 0 Å². The third-order valence-electron chi connectivity index (χ3n) is 3.24. The summed E-state index contributed by atoms with van der Waals surface area (Å²) in [6, 6.07) is 4.98. The summed E-state index contributed by atoms with van der Waals surface area (Å²) < 4.78 is 19.3. The van der Waals surface area contributed by atoms with E-state index in [1.807, 2.05) is 6.07 Å². The standard InChI is InChI=1S/C13H17BrFNO/c1-13(2-4-17-5-3-13)16-9-10-6-11(14)8-12(15)7-10/h6-8,16H,2-5,9H2,1H3. The van der Waals surface area contributed by atoms with Crippen LogP contribution in [0.1, 0.15) is 25.3 Å². The minimum atomic E-state index is -0.201. The third-order valence-corrected chi connectivity index (χ3v) is 3.70. The van der Waals surface area contributed by atoms with Crippen LogP contribution >= 0.6 is 15.9 Å². The molecule has 0 atom stereocenters. The van der Waals surface area contributed by atoms with E-state index in [0.717, 1.165) is 36.1 Å². The van der Waals surface area contributed by atoms with Crippen molar-refractivity contribution < 1.29 is 9.13 Å². The number of benzene rings is 1. The monoisotopic (exact) mass is 301 g/mol. The van der Waals surface area contributed by atoms with E-state index in [4.69, 9.17) is 4.74 Å². The fourth-order valence-corrected chi connectivity index (χ4v) is 2.54. The van der Waals surface area contributed by atoms with Gasteiger partial charge in [-0.05, 0) is 43.5 Å². The van der Waals surface area contributed by atoms with Crippen LogP contribution in [-0.2, 0) is 11.3 Å². The van der Waals surface area contributed by atoms with Crippen LogP contribution in [0, 0.1) is 5.82 Å². The molecule has 2 rings (SSSR count). The van der Waals surface area contributed by atoms with E-state index in [9.17, 15) is 4.39 Å². The van der Waals surface area contributed by atoms with Crippen LogP contribution in [0.5, 0.6) is 0 Å². The van der Waals surface area contributed by atoms with E-state index < -0.39 is 0 Å². The predicted octanol–water partition coefficient (Wildman–Crippen LogP) is 3.25. The van der Waals surface area contributed by atoms with Crippen molar-refractivity contribution >= 4 is 15.9 Å². The quantitative estimate of drug-likeness (QED) is 0.925. The molecule has 0 amide bonds. The normalized spacial score (nSPS) is 19.2. The molecule has 94 valence electrons. The van der Waals surface area contributed by atoms with Gasteiger partial charge in [0.1, 0.15) is 5.82 Å². The molecule has 0 saturated carbocycles. The maximum absolute atomic E-state index is 13.2. The van der Waals surface area contributed by atoms with Gasteiger partial charge in [0.05, 0.1) is 0 Å². The molecule has 1 aliphatic rings. The van der Waals surface area contributed by atoms with Gasteiger partial charge in [-0.25, -0.2) is 4.39 Å². The molecule has 0 radical (unpaired) electrons. The molecule has 1 heterocycles. The zero-order chi connectivity index (χ0) is 12.3. The third kappa shape index (κ3) is 3.76. The van der Waals surface area contributed by atoms with Crippen LogP contribution < -0.4 is 5.32 Å². The Labute approximate surface area is 110 Å². The van der Waals surface area contributed by atoms with Crippen LogP contribution in [0.25, 0.3) is 0 Å². The summed E-state index contributed by atoms with van der Waals surface area (Å²) in [6.45, 7) is 4.49. The van der Waals surface area contributed by atoms with Crippen molar-refractivity contribution in [3.63, 3.8) is 0 Å². The highest BCUT2D eigenvalue weighted by molar-refractivity contribution is 9.10. The first-order valence-electron chi connectivity index (χ1n) is 5.85. The highest BCUT2D eigenvalue weighted by atomic mass is 79.9. The van der Waals surface area contributed by atoms with Gasteiger partial charge in [0.2, 0.25) is 0 Å². The summed E-state index contributed by atoms with van der Waals surface area (Å²) >= 11 is 3.30. The number of ether oxygens (including phenoxy) is 1. The lowest BCUT2D eigenvalue weighted by atomic mass is 9.92. The molecular formula is C13H17BrFNO.